The fourth-order valence-electron chi connectivity index (χ4n) is 2.08. The lowest BCUT2D eigenvalue weighted by Crippen LogP contribution is -2.17. The summed E-state index contributed by atoms with van der Waals surface area (Å²) >= 11 is 0. The van der Waals surface area contributed by atoms with Gasteiger partial charge in [-0.25, -0.2) is 0 Å². The molecule has 0 saturated heterocycles. The van der Waals surface area contributed by atoms with Crippen molar-refractivity contribution in [2.24, 2.45) is 0 Å². The number of aromatic nitrogens is 2. The molecule has 0 aliphatic heterocycles. The third kappa shape index (κ3) is 3.06. The summed E-state index contributed by atoms with van der Waals surface area (Å²) in [5.74, 6) is -0.271. The van der Waals surface area contributed by atoms with Gasteiger partial charge in [0, 0.05) is 0 Å². The van der Waals surface area contributed by atoms with Gasteiger partial charge in [-0.3, -0.25) is 4.79 Å². The number of aryl methyl sites for hydroxylation is 3. The highest BCUT2D eigenvalue weighted by molar-refractivity contribution is 6.05. The van der Waals surface area contributed by atoms with E-state index < -0.39 is 0 Å². The van der Waals surface area contributed by atoms with Crippen LogP contribution in [0.1, 0.15) is 39.8 Å². The average molecular weight is 280 g/mol. The number of carbonyl (C=O) groups is 1. The van der Waals surface area contributed by atoms with Crippen LogP contribution in [0.2, 0.25) is 0 Å². The second-order valence-electron chi connectivity index (χ2n) is 4.76. The number of rotatable bonds is 3. The molecule has 0 aliphatic rings. The zero-order chi connectivity index (χ0) is 15.4. The maximum Gasteiger partial charge on any atom is 0.257 e. The Kier molecular flexibility index (Phi) is 4.29. The van der Waals surface area contributed by atoms with Crippen LogP contribution >= 0.6 is 0 Å². The second kappa shape index (κ2) is 6.14. The van der Waals surface area contributed by atoms with Crippen molar-refractivity contribution in [2.45, 2.75) is 27.2 Å². The molecule has 0 unspecified atom stereocenters. The summed E-state index contributed by atoms with van der Waals surface area (Å²) in [5, 5.41) is 20.0. The molecule has 2 aromatic rings. The summed E-state index contributed by atoms with van der Waals surface area (Å²) in [6, 6.07) is 9.19. The van der Waals surface area contributed by atoms with E-state index in [0.29, 0.717) is 34.6 Å². The second-order valence-corrected chi connectivity index (χ2v) is 4.76. The molecule has 0 atom stereocenters. The van der Waals surface area contributed by atoms with Gasteiger partial charge < -0.3 is 5.32 Å². The molecule has 0 fully saturated rings. The normalized spacial score (nSPS) is 10.0. The van der Waals surface area contributed by atoms with E-state index in [1.54, 1.807) is 19.1 Å². The molecule has 0 saturated carbocycles. The number of carbonyl (C=O) groups excluding carboxylic acids is 1. The zero-order valence-electron chi connectivity index (χ0n) is 12.3. The van der Waals surface area contributed by atoms with Gasteiger partial charge in [0.2, 0.25) is 0 Å². The molecule has 0 bridgehead atoms. The molecule has 1 aromatic carbocycles. The van der Waals surface area contributed by atoms with Crippen LogP contribution in [0.25, 0.3) is 0 Å². The van der Waals surface area contributed by atoms with Gasteiger partial charge in [-0.05, 0) is 38.0 Å². The molecule has 106 valence electrons. The molecule has 21 heavy (non-hydrogen) atoms. The van der Waals surface area contributed by atoms with Gasteiger partial charge >= 0.3 is 0 Å². The number of anilines is 1. The Labute approximate surface area is 123 Å². The van der Waals surface area contributed by atoms with Gasteiger partial charge in [0.05, 0.1) is 28.2 Å². The number of benzene rings is 1. The molecular formula is C16H16N4O. The predicted molar refractivity (Wildman–Crippen MR) is 80.0 cm³/mol. The summed E-state index contributed by atoms with van der Waals surface area (Å²) in [6.45, 7) is 5.55. The van der Waals surface area contributed by atoms with E-state index in [2.05, 4.69) is 21.6 Å². The van der Waals surface area contributed by atoms with Crippen molar-refractivity contribution >= 4 is 11.6 Å². The highest BCUT2D eigenvalue weighted by Crippen LogP contribution is 2.20. The molecular weight excluding hydrogens is 264 g/mol. The maximum absolute atomic E-state index is 12.4. The lowest BCUT2D eigenvalue weighted by Gasteiger charge is -2.10. The van der Waals surface area contributed by atoms with E-state index in [1.165, 1.54) is 0 Å². The van der Waals surface area contributed by atoms with Crippen molar-refractivity contribution in [1.82, 2.24) is 10.2 Å². The number of amides is 1. The molecule has 0 aliphatic carbocycles. The first-order valence-corrected chi connectivity index (χ1v) is 6.71. The Hall–Kier alpha value is -2.74. The molecule has 1 aromatic heterocycles. The number of hydrogen-bond acceptors (Lipinski definition) is 4. The fraction of sp³-hybridized carbons (Fsp3) is 0.250. The Balaban J connectivity index is 2.38. The predicted octanol–water partition coefficient (Wildman–Crippen LogP) is 2.78. The molecule has 1 heterocycles. The van der Waals surface area contributed by atoms with E-state index in [9.17, 15) is 10.1 Å². The Morgan fingerprint density at radius 1 is 1.33 bits per heavy atom. The summed E-state index contributed by atoms with van der Waals surface area (Å²) < 4.78 is 0. The topological polar surface area (TPSA) is 78.7 Å². The minimum Gasteiger partial charge on any atom is -0.321 e. The number of nitrogens with zero attached hydrogens (tertiary/aromatic N) is 3. The smallest absolute Gasteiger partial charge is 0.257 e. The fourth-order valence-corrected chi connectivity index (χ4v) is 2.08. The van der Waals surface area contributed by atoms with Crippen LogP contribution < -0.4 is 5.32 Å². The lowest BCUT2D eigenvalue weighted by molar-refractivity contribution is 0.102. The molecule has 0 spiro atoms. The van der Waals surface area contributed by atoms with Gasteiger partial charge in [0.15, 0.2) is 0 Å². The van der Waals surface area contributed by atoms with E-state index >= 15 is 0 Å². The monoisotopic (exact) mass is 280 g/mol. The van der Waals surface area contributed by atoms with Crippen LogP contribution in [0.5, 0.6) is 0 Å². The summed E-state index contributed by atoms with van der Waals surface area (Å²) in [6.07, 6.45) is 0.620. The van der Waals surface area contributed by atoms with E-state index in [4.69, 9.17) is 0 Å². The molecule has 1 amide bonds. The zero-order valence-corrected chi connectivity index (χ0v) is 12.3. The van der Waals surface area contributed by atoms with Crippen LogP contribution in [0.15, 0.2) is 24.3 Å². The number of nitrogens with one attached hydrogen (secondary N) is 1. The van der Waals surface area contributed by atoms with Crippen molar-refractivity contribution in [2.75, 3.05) is 5.32 Å². The van der Waals surface area contributed by atoms with Gasteiger partial charge in [-0.1, -0.05) is 19.1 Å². The summed E-state index contributed by atoms with van der Waals surface area (Å²) in [5.41, 5.74) is 3.64. The minimum atomic E-state index is -0.271. The largest absolute Gasteiger partial charge is 0.321 e. The first kappa shape index (κ1) is 14.7. The van der Waals surface area contributed by atoms with Crippen molar-refractivity contribution in [3.05, 3.63) is 52.3 Å². The molecule has 2 rings (SSSR count). The number of nitriles is 1. The van der Waals surface area contributed by atoms with Gasteiger partial charge in [0.1, 0.15) is 6.07 Å². The number of hydrogen-bond donors (Lipinski definition) is 1. The van der Waals surface area contributed by atoms with E-state index in [-0.39, 0.29) is 5.91 Å². The average Bonchev–Trinajstić information content (AvgIpc) is 2.47. The standard InChI is InChI=1S/C16H16N4O/c1-4-14-12(8-11(3)19-20-14)16(21)18-15-7-5-6-10(2)13(15)9-17/h5-8H,4H2,1-3H3,(H,18,21). The van der Waals surface area contributed by atoms with Crippen molar-refractivity contribution in [3.8, 4) is 6.07 Å². The van der Waals surface area contributed by atoms with E-state index in [1.807, 2.05) is 26.0 Å². The van der Waals surface area contributed by atoms with Crippen LogP contribution in [0, 0.1) is 25.2 Å². The SMILES string of the molecule is CCc1nnc(C)cc1C(=O)Nc1cccc(C)c1C#N. The third-order valence-electron chi connectivity index (χ3n) is 3.20. The molecule has 5 nitrogen and oxygen atoms in total. The van der Waals surface area contributed by atoms with Crippen molar-refractivity contribution < 1.29 is 4.79 Å². The van der Waals surface area contributed by atoms with Gasteiger partial charge in [-0.2, -0.15) is 15.5 Å². The van der Waals surface area contributed by atoms with Crippen LogP contribution in [-0.2, 0) is 6.42 Å². The quantitative estimate of drug-likeness (QED) is 0.937. The van der Waals surface area contributed by atoms with Gasteiger partial charge in [-0.15, -0.1) is 0 Å². The molecule has 5 heteroatoms. The lowest BCUT2D eigenvalue weighted by atomic mass is 10.1. The van der Waals surface area contributed by atoms with Crippen LogP contribution in [-0.4, -0.2) is 16.1 Å². The molecule has 1 N–H and O–H groups in total. The highest BCUT2D eigenvalue weighted by atomic mass is 16.1. The Morgan fingerprint density at radius 2 is 2.10 bits per heavy atom. The van der Waals surface area contributed by atoms with Crippen molar-refractivity contribution in [1.29, 1.82) is 5.26 Å². The van der Waals surface area contributed by atoms with E-state index in [0.717, 1.165) is 5.56 Å². The highest BCUT2D eigenvalue weighted by Gasteiger charge is 2.15. The summed E-state index contributed by atoms with van der Waals surface area (Å²) in [7, 11) is 0. The Bertz CT molecular complexity index is 732. The van der Waals surface area contributed by atoms with Crippen LogP contribution in [0.3, 0.4) is 0 Å². The van der Waals surface area contributed by atoms with Gasteiger partial charge in [0.25, 0.3) is 5.91 Å². The first-order chi connectivity index (χ1) is 10.1. The maximum atomic E-state index is 12.4. The summed E-state index contributed by atoms with van der Waals surface area (Å²) in [4.78, 5) is 12.4. The van der Waals surface area contributed by atoms with Crippen LogP contribution in [0.4, 0.5) is 5.69 Å². The third-order valence-corrected chi connectivity index (χ3v) is 3.20. The Morgan fingerprint density at radius 3 is 2.76 bits per heavy atom. The minimum absolute atomic E-state index is 0.271. The first-order valence-electron chi connectivity index (χ1n) is 6.71. The van der Waals surface area contributed by atoms with Crippen molar-refractivity contribution in [3.63, 3.8) is 0 Å². The molecule has 0 radical (unpaired) electrons.